The van der Waals surface area contributed by atoms with Gasteiger partial charge >= 0.3 is 0 Å². The molecule has 154 valence electrons. The lowest BCUT2D eigenvalue weighted by atomic mass is 9.97. The van der Waals surface area contributed by atoms with Gasteiger partial charge in [0, 0.05) is 30.3 Å². The summed E-state index contributed by atoms with van der Waals surface area (Å²) in [6, 6.07) is 2.79. The average molecular weight is 408 g/mol. The second-order valence-electron chi connectivity index (χ2n) is 7.81. The van der Waals surface area contributed by atoms with Gasteiger partial charge in [-0.3, -0.25) is 10.6 Å². The molecule has 28 heavy (non-hydrogen) atoms. The second-order valence-corrected chi connectivity index (χ2v) is 8.19. The molecule has 5 N–H and O–H groups in total. The standard InChI is InChI=1S/C20H30ClN5O2/c1-11-4-5-13(6-7-23-11)17-18(21)14(9-15-19(17)28-10-27-15)25-20-24-12(2)8-16(22-3)26-20/h6,9,11-12,16,20,22-26H,4-5,7-8,10H2,1-3H3/t11-,12?,16?,20?/m1/s1. The van der Waals surface area contributed by atoms with Crippen molar-refractivity contribution in [2.75, 3.05) is 25.7 Å². The molecule has 4 rings (SSSR count). The molecule has 7 nitrogen and oxygen atoms in total. The maximum atomic E-state index is 6.91. The van der Waals surface area contributed by atoms with Crippen molar-refractivity contribution in [2.24, 2.45) is 0 Å². The molecule has 3 aliphatic heterocycles. The zero-order chi connectivity index (χ0) is 19.7. The van der Waals surface area contributed by atoms with E-state index in [0.29, 0.717) is 17.1 Å². The van der Waals surface area contributed by atoms with E-state index in [1.807, 2.05) is 13.1 Å². The van der Waals surface area contributed by atoms with E-state index in [9.17, 15) is 0 Å². The summed E-state index contributed by atoms with van der Waals surface area (Å²) in [6.45, 7) is 5.44. The normalized spacial score (nSPS) is 29.9. The number of rotatable bonds is 4. The molecule has 4 atom stereocenters. The molecular formula is C20H30ClN5O2. The highest BCUT2D eigenvalue weighted by Crippen LogP contribution is 2.48. The van der Waals surface area contributed by atoms with Crippen molar-refractivity contribution in [2.45, 2.75) is 57.6 Å². The van der Waals surface area contributed by atoms with E-state index < -0.39 is 0 Å². The van der Waals surface area contributed by atoms with Crippen molar-refractivity contribution in [1.82, 2.24) is 21.3 Å². The third kappa shape index (κ3) is 4.09. The van der Waals surface area contributed by atoms with Gasteiger partial charge in [-0.05, 0) is 45.7 Å². The third-order valence-corrected chi connectivity index (χ3v) is 6.03. The molecule has 0 spiro atoms. The number of allylic oxidation sites excluding steroid dienone is 1. The van der Waals surface area contributed by atoms with Gasteiger partial charge in [0.05, 0.1) is 16.9 Å². The molecule has 3 heterocycles. The summed E-state index contributed by atoms with van der Waals surface area (Å²) >= 11 is 6.91. The Labute approximate surface area is 171 Å². The fourth-order valence-corrected chi connectivity index (χ4v) is 4.38. The molecular weight excluding hydrogens is 378 g/mol. The quantitative estimate of drug-likeness (QED) is 0.524. The first kappa shape index (κ1) is 19.8. The Kier molecular flexibility index (Phi) is 5.99. The lowest BCUT2D eigenvalue weighted by Crippen LogP contribution is -2.63. The van der Waals surface area contributed by atoms with E-state index in [0.717, 1.165) is 48.6 Å². The number of fused-ring (bicyclic) bond motifs is 1. The molecule has 0 aromatic heterocycles. The fraction of sp³-hybridized carbons (Fsp3) is 0.600. The lowest BCUT2D eigenvalue weighted by molar-refractivity contribution is 0.173. The van der Waals surface area contributed by atoms with Crippen LogP contribution in [0, 0.1) is 0 Å². The van der Waals surface area contributed by atoms with E-state index in [1.54, 1.807) is 0 Å². The Morgan fingerprint density at radius 2 is 2.04 bits per heavy atom. The molecule has 3 aliphatic rings. The molecule has 0 amide bonds. The van der Waals surface area contributed by atoms with Crippen LogP contribution < -0.4 is 36.1 Å². The summed E-state index contributed by atoms with van der Waals surface area (Å²) in [7, 11) is 1.96. The lowest BCUT2D eigenvalue weighted by Gasteiger charge is -2.37. The zero-order valence-corrected chi connectivity index (χ0v) is 17.5. The van der Waals surface area contributed by atoms with E-state index in [-0.39, 0.29) is 19.2 Å². The number of benzene rings is 1. The molecule has 3 unspecified atom stereocenters. The monoisotopic (exact) mass is 407 g/mol. The number of hydrogen-bond donors (Lipinski definition) is 5. The van der Waals surface area contributed by atoms with E-state index in [2.05, 4.69) is 46.5 Å². The molecule has 1 saturated heterocycles. The average Bonchev–Trinajstić information content (AvgIpc) is 3.02. The minimum atomic E-state index is -0.100. The van der Waals surface area contributed by atoms with Crippen LogP contribution in [0.1, 0.15) is 38.7 Å². The Balaban J connectivity index is 1.65. The predicted molar refractivity (Wildman–Crippen MR) is 113 cm³/mol. The van der Waals surface area contributed by atoms with Crippen LogP contribution in [0.3, 0.4) is 0 Å². The Morgan fingerprint density at radius 1 is 1.18 bits per heavy atom. The molecule has 1 fully saturated rings. The van der Waals surface area contributed by atoms with Crippen molar-refractivity contribution in [1.29, 1.82) is 0 Å². The van der Waals surface area contributed by atoms with E-state index >= 15 is 0 Å². The van der Waals surface area contributed by atoms with Crippen LogP contribution in [0.25, 0.3) is 5.57 Å². The van der Waals surface area contributed by atoms with Crippen molar-refractivity contribution in [3.63, 3.8) is 0 Å². The topological polar surface area (TPSA) is 78.6 Å². The van der Waals surface area contributed by atoms with Gasteiger partial charge in [-0.1, -0.05) is 17.7 Å². The van der Waals surface area contributed by atoms with E-state index in [4.69, 9.17) is 21.1 Å². The third-order valence-electron chi connectivity index (χ3n) is 5.64. The van der Waals surface area contributed by atoms with E-state index in [1.165, 1.54) is 5.57 Å². The van der Waals surface area contributed by atoms with Crippen molar-refractivity contribution >= 4 is 22.9 Å². The van der Waals surface area contributed by atoms with Crippen molar-refractivity contribution in [3.8, 4) is 11.5 Å². The van der Waals surface area contributed by atoms with Gasteiger partial charge in [0.2, 0.25) is 6.79 Å². The summed E-state index contributed by atoms with van der Waals surface area (Å²) in [6.07, 6.45) is 5.36. The summed E-state index contributed by atoms with van der Waals surface area (Å²) in [4.78, 5) is 0. The van der Waals surface area contributed by atoms with Crippen LogP contribution in [0.4, 0.5) is 5.69 Å². The van der Waals surface area contributed by atoms with Crippen LogP contribution in [0.5, 0.6) is 11.5 Å². The SMILES string of the molecule is CNC1CC(C)NC(Nc2cc3c(c(C4=CCN[C@H](C)CC4)c2Cl)OCO3)N1. The zero-order valence-electron chi connectivity index (χ0n) is 16.7. The number of nitrogens with one attached hydrogen (secondary N) is 5. The van der Waals surface area contributed by atoms with Crippen LogP contribution in [-0.4, -0.2) is 44.9 Å². The molecule has 0 radical (unpaired) electrons. The number of hydrogen-bond acceptors (Lipinski definition) is 7. The smallest absolute Gasteiger partial charge is 0.231 e. The molecule has 1 aromatic rings. The molecule has 0 saturated carbocycles. The molecule has 1 aromatic carbocycles. The van der Waals surface area contributed by atoms with Gasteiger partial charge in [0.15, 0.2) is 11.5 Å². The highest BCUT2D eigenvalue weighted by atomic mass is 35.5. The highest BCUT2D eigenvalue weighted by Gasteiger charge is 2.29. The molecule has 0 aliphatic carbocycles. The summed E-state index contributed by atoms with van der Waals surface area (Å²) in [5.74, 6) is 1.49. The second kappa shape index (κ2) is 8.47. The first-order valence-electron chi connectivity index (χ1n) is 10.1. The predicted octanol–water partition coefficient (Wildman–Crippen LogP) is 2.44. The highest BCUT2D eigenvalue weighted by molar-refractivity contribution is 6.35. The first-order chi connectivity index (χ1) is 13.5. The molecule has 0 bridgehead atoms. The maximum Gasteiger partial charge on any atom is 0.231 e. The summed E-state index contributed by atoms with van der Waals surface area (Å²) < 4.78 is 11.5. The van der Waals surface area contributed by atoms with Gasteiger partial charge in [-0.2, -0.15) is 0 Å². The first-order valence-corrected chi connectivity index (χ1v) is 10.4. The minimum Gasteiger partial charge on any atom is -0.453 e. The van der Waals surface area contributed by atoms with Gasteiger partial charge < -0.3 is 25.4 Å². The largest absolute Gasteiger partial charge is 0.453 e. The Morgan fingerprint density at radius 3 is 2.86 bits per heavy atom. The van der Waals surface area contributed by atoms with Crippen molar-refractivity contribution < 1.29 is 9.47 Å². The Bertz CT molecular complexity index is 757. The fourth-order valence-electron chi connectivity index (χ4n) is 4.06. The summed E-state index contributed by atoms with van der Waals surface area (Å²) in [5, 5.41) is 18.0. The van der Waals surface area contributed by atoms with Crippen LogP contribution >= 0.6 is 11.6 Å². The van der Waals surface area contributed by atoms with Gasteiger partial charge in [-0.25, -0.2) is 0 Å². The van der Waals surface area contributed by atoms with Crippen LogP contribution in [-0.2, 0) is 0 Å². The maximum absolute atomic E-state index is 6.91. The minimum absolute atomic E-state index is 0.100. The van der Waals surface area contributed by atoms with Crippen molar-refractivity contribution in [3.05, 3.63) is 22.7 Å². The molecule has 8 heteroatoms. The van der Waals surface area contributed by atoms with Crippen LogP contribution in [0.15, 0.2) is 12.1 Å². The number of anilines is 1. The number of ether oxygens (including phenoxy) is 2. The van der Waals surface area contributed by atoms with Gasteiger partial charge in [0.1, 0.15) is 6.29 Å². The number of halogens is 1. The van der Waals surface area contributed by atoms with Gasteiger partial charge in [0.25, 0.3) is 0 Å². The summed E-state index contributed by atoms with van der Waals surface area (Å²) in [5.41, 5.74) is 2.99. The van der Waals surface area contributed by atoms with Crippen LogP contribution in [0.2, 0.25) is 5.02 Å². The Hall–Kier alpha value is -1.51. The van der Waals surface area contributed by atoms with Gasteiger partial charge in [-0.15, -0.1) is 0 Å².